The minimum Gasteiger partial charge on any atom is -0.461 e. The summed E-state index contributed by atoms with van der Waals surface area (Å²) in [5, 5.41) is 23.6. The zero-order valence-corrected chi connectivity index (χ0v) is 37.5. The van der Waals surface area contributed by atoms with Gasteiger partial charge in [0.05, 0.1) is 25.2 Å². The Morgan fingerprint density at radius 2 is 0.912 bits per heavy atom. The number of aliphatic hydroxyl groups is 2. The molecule has 6 heteroatoms. The van der Waals surface area contributed by atoms with Gasteiger partial charge in [-0.05, 0) is 44.9 Å². The summed E-state index contributed by atoms with van der Waals surface area (Å²) in [5.41, 5.74) is 0. The second-order valence-corrected chi connectivity index (χ2v) is 16.1. The molecule has 330 valence electrons. The van der Waals surface area contributed by atoms with E-state index in [1.54, 1.807) is 0 Å². The molecule has 0 spiro atoms. The van der Waals surface area contributed by atoms with Crippen molar-refractivity contribution in [2.24, 2.45) is 0 Å². The van der Waals surface area contributed by atoms with Crippen LogP contribution in [-0.2, 0) is 14.3 Å². The van der Waals surface area contributed by atoms with Crippen molar-refractivity contribution in [3.8, 4) is 0 Å². The van der Waals surface area contributed by atoms with E-state index in [2.05, 4.69) is 74.7 Å². The molecule has 0 heterocycles. The van der Waals surface area contributed by atoms with Gasteiger partial charge in [-0.1, -0.05) is 223 Å². The van der Waals surface area contributed by atoms with Crippen molar-refractivity contribution in [3.05, 3.63) is 60.8 Å². The summed E-state index contributed by atoms with van der Waals surface area (Å²) >= 11 is 0. The molecule has 0 fully saturated rings. The number of rotatable bonds is 42. The van der Waals surface area contributed by atoms with E-state index in [9.17, 15) is 19.8 Å². The predicted octanol–water partition coefficient (Wildman–Crippen LogP) is 14.1. The van der Waals surface area contributed by atoms with E-state index < -0.39 is 18.2 Å². The number of hydrogen-bond acceptors (Lipinski definition) is 5. The summed E-state index contributed by atoms with van der Waals surface area (Å²) in [5.74, 6) is -0.580. The first-order valence-corrected chi connectivity index (χ1v) is 24.0. The number of carbonyl (C=O) groups excluding carboxylic acids is 2. The Hall–Kier alpha value is -2.44. The van der Waals surface area contributed by atoms with E-state index in [0.717, 1.165) is 70.6 Å². The van der Waals surface area contributed by atoms with Gasteiger partial charge in [0.2, 0.25) is 5.91 Å². The molecule has 0 saturated carbocycles. The van der Waals surface area contributed by atoms with Crippen molar-refractivity contribution in [2.45, 2.75) is 244 Å². The quantitative estimate of drug-likeness (QED) is 0.0325. The number of esters is 1. The Balaban J connectivity index is 4.72. The Morgan fingerprint density at radius 3 is 1.33 bits per heavy atom. The first-order valence-electron chi connectivity index (χ1n) is 24.0. The average molecular weight is 798 g/mol. The zero-order valence-electron chi connectivity index (χ0n) is 37.5. The van der Waals surface area contributed by atoms with Crippen molar-refractivity contribution in [1.82, 2.24) is 5.32 Å². The highest BCUT2D eigenvalue weighted by Crippen LogP contribution is 2.16. The van der Waals surface area contributed by atoms with Crippen molar-refractivity contribution in [3.63, 3.8) is 0 Å². The largest absolute Gasteiger partial charge is 0.461 e. The topological polar surface area (TPSA) is 95.9 Å². The highest BCUT2D eigenvalue weighted by atomic mass is 16.5. The Bertz CT molecular complexity index is 1030. The van der Waals surface area contributed by atoms with E-state index in [1.165, 1.54) is 109 Å². The van der Waals surface area contributed by atoms with Gasteiger partial charge >= 0.3 is 5.97 Å². The van der Waals surface area contributed by atoms with E-state index >= 15 is 0 Å². The monoisotopic (exact) mass is 798 g/mol. The van der Waals surface area contributed by atoms with E-state index in [0.29, 0.717) is 19.3 Å². The SMILES string of the molecule is CC/C=C\C/C=C\C/C=C\C/C=C\C/C=C\CC(CC(=O)NC(CO)C(O)CCCCCCCCCCCCCCC)OC(=O)CCCCCCCCCCCC. The minimum atomic E-state index is -0.810. The summed E-state index contributed by atoms with van der Waals surface area (Å²) in [6.07, 6.45) is 54.4. The lowest BCUT2D eigenvalue weighted by Crippen LogP contribution is -2.46. The van der Waals surface area contributed by atoms with Crippen molar-refractivity contribution < 1.29 is 24.5 Å². The van der Waals surface area contributed by atoms with E-state index in [4.69, 9.17) is 4.74 Å². The molecule has 0 aromatic rings. The van der Waals surface area contributed by atoms with Gasteiger partial charge in [-0.3, -0.25) is 9.59 Å². The number of nitrogens with one attached hydrogen (secondary N) is 1. The fourth-order valence-electron chi connectivity index (χ4n) is 6.98. The molecule has 57 heavy (non-hydrogen) atoms. The lowest BCUT2D eigenvalue weighted by atomic mass is 10.0. The first-order chi connectivity index (χ1) is 28.0. The van der Waals surface area contributed by atoms with Gasteiger partial charge in [0.1, 0.15) is 6.10 Å². The van der Waals surface area contributed by atoms with Crippen molar-refractivity contribution in [1.29, 1.82) is 0 Å². The summed E-state index contributed by atoms with van der Waals surface area (Å²) in [6.45, 7) is 6.32. The number of aliphatic hydroxyl groups excluding tert-OH is 2. The van der Waals surface area contributed by atoms with Crippen LogP contribution in [0, 0.1) is 0 Å². The second kappa shape index (κ2) is 44.7. The van der Waals surface area contributed by atoms with Crippen LogP contribution < -0.4 is 5.32 Å². The van der Waals surface area contributed by atoms with Crippen LogP contribution in [0.3, 0.4) is 0 Å². The maximum atomic E-state index is 13.1. The molecular weight excluding hydrogens is 707 g/mol. The van der Waals surface area contributed by atoms with Gasteiger partial charge < -0.3 is 20.3 Å². The number of unbranched alkanes of at least 4 members (excludes halogenated alkanes) is 21. The molecule has 3 atom stereocenters. The molecule has 0 aliphatic rings. The van der Waals surface area contributed by atoms with Crippen molar-refractivity contribution >= 4 is 11.9 Å². The summed E-state index contributed by atoms with van der Waals surface area (Å²) in [7, 11) is 0. The number of ether oxygens (including phenoxy) is 1. The van der Waals surface area contributed by atoms with Gasteiger partial charge in [0, 0.05) is 12.8 Å². The van der Waals surface area contributed by atoms with Gasteiger partial charge in [0.25, 0.3) is 0 Å². The third-order valence-corrected chi connectivity index (χ3v) is 10.6. The number of carbonyl (C=O) groups is 2. The van der Waals surface area contributed by atoms with Crippen LogP contribution in [0.5, 0.6) is 0 Å². The molecule has 0 aromatic heterocycles. The molecule has 0 aliphatic carbocycles. The van der Waals surface area contributed by atoms with Crippen LogP contribution in [-0.4, -0.2) is 46.9 Å². The lowest BCUT2D eigenvalue weighted by molar-refractivity contribution is -0.150. The molecule has 6 nitrogen and oxygen atoms in total. The molecular formula is C51H91NO5. The molecule has 0 rings (SSSR count). The lowest BCUT2D eigenvalue weighted by Gasteiger charge is -2.24. The van der Waals surface area contributed by atoms with Gasteiger partial charge in [0.15, 0.2) is 0 Å². The van der Waals surface area contributed by atoms with Crippen molar-refractivity contribution in [2.75, 3.05) is 6.61 Å². The normalized spacial score (nSPS) is 13.8. The van der Waals surface area contributed by atoms with E-state index in [-0.39, 0.29) is 24.9 Å². The first kappa shape index (κ1) is 54.6. The van der Waals surface area contributed by atoms with Gasteiger partial charge in [-0.2, -0.15) is 0 Å². The van der Waals surface area contributed by atoms with Crippen LogP contribution in [0.4, 0.5) is 0 Å². The predicted molar refractivity (Wildman–Crippen MR) is 245 cm³/mol. The second-order valence-electron chi connectivity index (χ2n) is 16.1. The maximum Gasteiger partial charge on any atom is 0.306 e. The van der Waals surface area contributed by atoms with Gasteiger partial charge in [-0.25, -0.2) is 0 Å². The standard InChI is InChI=1S/C51H91NO5/c1-4-7-10-13-16-19-22-24-25-27-28-30-33-36-39-42-47(57-51(56)44-41-38-35-32-21-18-15-12-9-6-3)45-50(55)52-48(46-53)49(54)43-40-37-34-31-29-26-23-20-17-14-11-8-5-2/h7,10,16,19,24-25,28,30,36,39,47-49,53-54H,4-6,8-9,11-15,17-18,20-23,26-27,29,31-35,37-38,40-46H2,1-3H3,(H,52,55)/b10-7-,19-16-,25-24-,30-28-,39-36-. The smallest absolute Gasteiger partial charge is 0.306 e. The van der Waals surface area contributed by atoms with Crippen LogP contribution >= 0.6 is 0 Å². The fourth-order valence-corrected chi connectivity index (χ4v) is 6.98. The number of hydrogen-bond donors (Lipinski definition) is 3. The Morgan fingerprint density at radius 1 is 0.526 bits per heavy atom. The van der Waals surface area contributed by atoms with Crippen LogP contribution in [0.25, 0.3) is 0 Å². The fraction of sp³-hybridized carbons (Fsp3) is 0.765. The molecule has 3 unspecified atom stereocenters. The third-order valence-electron chi connectivity index (χ3n) is 10.6. The molecule has 3 N–H and O–H groups in total. The highest BCUT2D eigenvalue weighted by Gasteiger charge is 2.23. The van der Waals surface area contributed by atoms with E-state index in [1.807, 2.05) is 12.2 Å². The zero-order chi connectivity index (χ0) is 41.7. The molecule has 0 saturated heterocycles. The summed E-state index contributed by atoms with van der Waals surface area (Å²) in [6, 6.07) is -0.730. The molecule has 1 amide bonds. The number of allylic oxidation sites excluding steroid dienone is 9. The average Bonchev–Trinajstić information content (AvgIpc) is 3.20. The van der Waals surface area contributed by atoms with Crippen LogP contribution in [0.15, 0.2) is 60.8 Å². The minimum absolute atomic E-state index is 0.0000424. The molecule has 0 bridgehead atoms. The molecule has 0 aromatic carbocycles. The van der Waals surface area contributed by atoms with Crippen LogP contribution in [0.1, 0.15) is 226 Å². The Labute approximate surface area is 352 Å². The van der Waals surface area contributed by atoms with Gasteiger partial charge in [-0.15, -0.1) is 0 Å². The summed E-state index contributed by atoms with van der Waals surface area (Å²) in [4.78, 5) is 26.0. The third kappa shape index (κ3) is 40.1. The Kier molecular flexibility index (Phi) is 42.7. The maximum absolute atomic E-state index is 13.1. The number of amides is 1. The van der Waals surface area contributed by atoms with Crippen LogP contribution in [0.2, 0.25) is 0 Å². The molecule has 0 radical (unpaired) electrons. The highest BCUT2D eigenvalue weighted by molar-refractivity contribution is 5.77. The molecule has 0 aliphatic heterocycles. The summed E-state index contributed by atoms with van der Waals surface area (Å²) < 4.78 is 5.84.